The SMILES string of the molecule is Cc1ccc2c(c1)CC(=O)c1cc(O)c(O)cc1O2. The molecule has 19 heavy (non-hydrogen) atoms. The molecule has 1 aliphatic rings. The van der Waals surface area contributed by atoms with Crippen LogP contribution in [0, 0.1) is 6.92 Å². The summed E-state index contributed by atoms with van der Waals surface area (Å²) >= 11 is 0. The second-order valence-electron chi connectivity index (χ2n) is 4.65. The third-order valence-corrected chi connectivity index (χ3v) is 3.16. The monoisotopic (exact) mass is 256 g/mol. The molecule has 4 heteroatoms. The molecule has 3 rings (SSSR count). The Labute approximate surface area is 109 Å². The van der Waals surface area contributed by atoms with Crippen LogP contribution in [0.15, 0.2) is 30.3 Å². The first-order chi connectivity index (χ1) is 9.04. The normalized spacial score (nSPS) is 13.2. The summed E-state index contributed by atoms with van der Waals surface area (Å²) in [5.74, 6) is 0.0975. The van der Waals surface area contributed by atoms with Crippen molar-refractivity contribution in [1.29, 1.82) is 0 Å². The first-order valence-corrected chi connectivity index (χ1v) is 5.91. The van der Waals surface area contributed by atoms with Crippen molar-refractivity contribution in [2.24, 2.45) is 0 Å². The zero-order valence-corrected chi connectivity index (χ0v) is 10.3. The zero-order chi connectivity index (χ0) is 13.6. The van der Waals surface area contributed by atoms with Crippen LogP contribution in [0.25, 0.3) is 0 Å². The van der Waals surface area contributed by atoms with Gasteiger partial charge in [0.15, 0.2) is 17.3 Å². The minimum atomic E-state index is -0.321. The molecule has 0 aromatic heterocycles. The van der Waals surface area contributed by atoms with Crippen LogP contribution in [0.4, 0.5) is 0 Å². The van der Waals surface area contributed by atoms with Gasteiger partial charge < -0.3 is 14.9 Å². The molecule has 0 saturated heterocycles. The predicted octanol–water partition coefficient (Wildman–Crippen LogP) is 2.94. The minimum Gasteiger partial charge on any atom is -0.504 e. The number of aryl methyl sites for hydroxylation is 1. The van der Waals surface area contributed by atoms with Crippen LogP contribution < -0.4 is 4.74 Å². The van der Waals surface area contributed by atoms with Gasteiger partial charge in [-0.15, -0.1) is 0 Å². The van der Waals surface area contributed by atoms with E-state index in [9.17, 15) is 15.0 Å². The topological polar surface area (TPSA) is 66.8 Å². The minimum absolute atomic E-state index is 0.144. The van der Waals surface area contributed by atoms with Gasteiger partial charge in [0.2, 0.25) is 0 Å². The molecule has 0 spiro atoms. The summed E-state index contributed by atoms with van der Waals surface area (Å²) in [6.45, 7) is 1.94. The number of ether oxygens (including phenoxy) is 1. The van der Waals surface area contributed by atoms with E-state index in [0.29, 0.717) is 5.75 Å². The molecule has 0 bridgehead atoms. The Balaban J connectivity index is 2.18. The number of carbonyl (C=O) groups excluding carboxylic acids is 1. The molecular formula is C15H12O4. The van der Waals surface area contributed by atoms with Crippen LogP contribution in [0.1, 0.15) is 21.5 Å². The number of benzene rings is 2. The van der Waals surface area contributed by atoms with E-state index in [1.54, 1.807) is 6.07 Å². The van der Waals surface area contributed by atoms with Crippen LogP contribution in [-0.4, -0.2) is 16.0 Å². The predicted molar refractivity (Wildman–Crippen MR) is 69.1 cm³/mol. The Bertz CT molecular complexity index is 689. The molecule has 0 unspecified atom stereocenters. The summed E-state index contributed by atoms with van der Waals surface area (Å²) in [4.78, 5) is 12.2. The second kappa shape index (κ2) is 4.02. The molecule has 2 N–H and O–H groups in total. The van der Waals surface area contributed by atoms with E-state index in [0.717, 1.165) is 11.1 Å². The summed E-state index contributed by atoms with van der Waals surface area (Å²) in [5.41, 5.74) is 2.14. The molecule has 0 amide bonds. The van der Waals surface area contributed by atoms with Crippen LogP contribution in [0.2, 0.25) is 0 Å². The molecular weight excluding hydrogens is 244 g/mol. The smallest absolute Gasteiger partial charge is 0.171 e. The summed E-state index contributed by atoms with van der Waals surface area (Å²) < 4.78 is 5.67. The molecule has 1 heterocycles. The van der Waals surface area contributed by atoms with E-state index in [-0.39, 0.29) is 35.0 Å². The van der Waals surface area contributed by atoms with E-state index in [2.05, 4.69) is 0 Å². The Kier molecular flexibility index (Phi) is 2.45. The van der Waals surface area contributed by atoms with Gasteiger partial charge in [0.05, 0.1) is 5.56 Å². The highest BCUT2D eigenvalue weighted by Gasteiger charge is 2.23. The Morgan fingerprint density at radius 2 is 1.79 bits per heavy atom. The Morgan fingerprint density at radius 1 is 1.05 bits per heavy atom. The van der Waals surface area contributed by atoms with Gasteiger partial charge >= 0.3 is 0 Å². The van der Waals surface area contributed by atoms with Gasteiger partial charge in [0, 0.05) is 18.1 Å². The van der Waals surface area contributed by atoms with E-state index < -0.39 is 0 Å². The maximum Gasteiger partial charge on any atom is 0.171 e. The lowest BCUT2D eigenvalue weighted by molar-refractivity contribution is 0.0993. The number of carbonyl (C=O) groups is 1. The number of phenolic OH excluding ortho intramolecular Hbond substituents is 2. The van der Waals surface area contributed by atoms with E-state index >= 15 is 0 Å². The van der Waals surface area contributed by atoms with Crippen molar-refractivity contribution in [3.8, 4) is 23.0 Å². The maximum absolute atomic E-state index is 12.2. The first-order valence-electron chi connectivity index (χ1n) is 5.91. The largest absolute Gasteiger partial charge is 0.504 e. The molecule has 2 aromatic carbocycles. The summed E-state index contributed by atoms with van der Waals surface area (Å²) in [5, 5.41) is 19.0. The third kappa shape index (κ3) is 1.91. The van der Waals surface area contributed by atoms with Gasteiger partial charge in [-0.05, 0) is 19.1 Å². The summed E-state index contributed by atoms with van der Waals surface area (Å²) in [6, 6.07) is 8.10. The number of rotatable bonds is 0. The van der Waals surface area contributed by atoms with Crippen LogP contribution >= 0.6 is 0 Å². The number of Topliss-reactive ketones (excluding diaryl/α,β-unsaturated/α-hetero) is 1. The average molecular weight is 256 g/mol. The molecule has 0 aliphatic carbocycles. The summed E-state index contributed by atoms with van der Waals surface area (Å²) in [6.07, 6.45) is 0.216. The average Bonchev–Trinajstić information content (AvgIpc) is 2.47. The molecule has 4 nitrogen and oxygen atoms in total. The fourth-order valence-electron chi connectivity index (χ4n) is 2.19. The van der Waals surface area contributed by atoms with Gasteiger partial charge in [-0.25, -0.2) is 0 Å². The molecule has 0 saturated carbocycles. The highest BCUT2D eigenvalue weighted by atomic mass is 16.5. The zero-order valence-electron chi connectivity index (χ0n) is 10.3. The number of hydrogen-bond acceptors (Lipinski definition) is 4. The van der Waals surface area contributed by atoms with Gasteiger partial charge in [-0.3, -0.25) is 4.79 Å². The molecule has 1 aliphatic heterocycles. The fourth-order valence-corrected chi connectivity index (χ4v) is 2.19. The third-order valence-electron chi connectivity index (χ3n) is 3.16. The number of phenols is 2. The Hall–Kier alpha value is -2.49. The number of fused-ring (bicyclic) bond motifs is 2. The molecule has 0 fully saturated rings. The molecule has 0 atom stereocenters. The van der Waals surface area contributed by atoms with Crippen molar-refractivity contribution in [3.05, 3.63) is 47.0 Å². The molecule has 96 valence electrons. The van der Waals surface area contributed by atoms with E-state index in [4.69, 9.17) is 4.74 Å². The van der Waals surface area contributed by atoms with Crippen molar-refractivity contribution < 1.29 is 19.7 Å². The van der Waals surface area contributed by atoms with E-state index in [1.807, 2.05) is 19.1 Å². The second-order valence-corrected chi connectivity index (χ2v) is 4.65. The van der Waals surface area contributed by atoms with Crippen molar-refractivity contribution in [2.75, 3.05) is 0 Å². The standard InChI is InChI=1S/C15H12O4/c1-8-2-3-14-9(4-8)5-11(16)10-6-12(17)13(18)7-15(10)19-14/h2-4,6-7,17-18H,5H2,1H3. The quantitative estimate of drug-likeness (QED) is 0.711. The van der Waals surface area contributed by atoms with Crippen LogP contribution in [0.5, 0.6) is 23.0 Å². The van der Waals surface area contributed by atoms with Gasteiger partial charge in [0.25, 0.3) is 0 Å². The number of ketones is 1. The van der Waals surface area contributed by atoms with Gasteiger partial charge in [-0.1, -0.05) is 17.7 Å². The highest BCUT2D eigenvalue weighted by Crippen LogP contribution is 2.39. The Morgan fingerprint density at radius 3 is 2.58 bits per heavy atom. The lowest BCUT2D eigenvalue weighted by Crippen LogP contribution is -2.01. The molecule has 0 radical (unpaired) electrons. The lowest BCUT2D eigenvalue weighted by Gasteiger charge is -2.09. The van der Waals surface area contributed by atoms with Crippen LogP contribution in [-0.2, 0) is 6.42 Å². The van der Waals surface area contributed by atoms with Crippen molar-refractivity contribution in [1.82, 2.24) is 0 Å². The summed E-state index contributed by atoms with van der Waals surface area (Å²) in [7, 11) is 0. The van der Waals surface area contributed by atoms with E-state index in [1.165, 1.54) is 12.1 Å². The number of hydrogen-bond donors (Lipinski definition) is 2. The van der Waals surface area contributed by atoms with Crippen molar-refractivity contribution >= 4 is 5.78 Å². The fraction of sp³-hybridized carbons (Fsp3) is 0.133. The lowest BCUT2D eigenvalue weighted by atomic mass is 10.0. The van der Waals surface area contributed by atoms with Crippen LogP contribution in [0.3, 0.4) is 0 Å². The first kappa shape index (κ1) is 11.6. The number of aromatic hydroxyl groups is 2. The van der Waals surface area contributed by atoms with Gasteiger partial charge in [-0.2, -0.15) is 0 Å². The van der Waals surface area contributed by atoms with Gasteiger partial charge in [0.1, 0.15) is 11.5 Å². The van der Waals surface area contributed by atoms with Crippen molar-refractivity contribution in [2.45, 2.75) is 13.3 Å². The van der Waals surface area contributed by atoms with Crippen molar-refractivity contribution in [3.63, 3.8) is 0 Å². The highest BCUT2D eigenvalue weighted by molar-refractivity contribution is 6.01. The molecule has 2 aromatic rings. The maximum atomic E-state index is 12.2.